The fraction of sp³-hybridized carbons (Fsp3) is 1.00. The van der Waals surface area contributed by atoms with Gasteiger partial charge in [0.2, 0.25) is 0 Å². The molecule has 0 aromatic rings. The van der Waals surface area contributed by atoms with Crippen molar-refractivity contribution in [1.29, 1.82) is 0 Å². The van der Waals surface area contributed by atoms with E-state index in [1.54, 1.807) is 7.11 Å². The van der Waals surface area contributed by atoms with E-state index in [2.05, 4.69) is 11.7 Å². The molecule has 0 unspecified atom stereocenters. The highest BCUT2D eigenvalue weighted by Crippen LogP contribution is 2.12. The Balaban J connectivity index is 0. The monoisotopic (exact) mass is 301 g/mol. The van der Waals surface area contributed by atoms with Crippen LogP contribution in [0.1, 0.15) is 104 Å². The first-order valence-corrected chi connectivity index (χ1v) is 9.52. The van der Waals surface area contributed by atoms with Crippen molar-refractivity contribution >= 4 is 0 Å². The van der Waals surface area contributed by atoms with Crippen molar-refractivity contribution < 1.29 is 4.74 Å². The van der Waals surface area contributed by atoms with Gasteiger partial charge in [0.05, 0.1) is 0 Å². The minimum absolute atomic E-state index is 0.819. The fourth-order valence-corrected chi connectivity index (χ4v) is 2.34. The van der Waals surface area contributed by atoms with Gasteiger partial charge < -0.3 is 10.5 Å². The molecule has 2 nitrogen and oxygen atoms in total. The van der Waals surface area contributed by atoms with E-state index in [1.807, 2.05) is 6.92 Å². The largest absolute Gasteiger partial charge is 0.385 e. The fourth-order valence-electron chi connectivity index (χ4n) is 2.34. The summed E-state index contributed by atoms with van der Waals surface area (Å²) in [6.07, 6.45) is 19.9. The van der Waals surface area contributed by atoms with Gasteiger partial charge in [-0.2, -0.15) is 0 Å². The first kappa shape index (κ1) is 23.2. The molecule has 0 aliphatic rings. The summed E-state index contributed by atoms with van der Waals surface area (Å²) in [5.41, 5.74) is 5.47. The summed E-state index contributed by atoms with van der Waals surface area (Å²) in [5, 5.41) is 0. The third-order valence-electron chi connectivity index (χ3n) is 3.85. The van der Waals surface area contributed by atoms with Gasteiger partial charge in [-0.15, -0.1) is 0 Å². The van der Waals surface area contributed by atoms with Gasteiger partial charge in [-0.1, -0.05) is 90.4 Å². The molecule has 0 radical (unpaired) electrons. The van der Waals surface area contributed by atoms with Crippen molar-refractivity contribution in [3.8, 4) is 0 Å². The van der Waals surface area contributed by atoms with Crippen LogP contribution in [0, 0.1) is 0 Å². The van der Waals surface area contributed by atoms with Crippen molar-refractivity contribution in [2.24, 2.45) is 5.73 Å². The van der Waals surface area contributed by atoms with Crippen molar-refractivity contribution in [2.45, 2.75) is 104 Å². The van der Waals surface area contributed by atoms with Crippen molar-refractivity contribution in [1.82, 2.24) is 0 Å². The summed E-state index contributed by atoms with van der Waals surface area (Å²) in [7, 11) is 1.68. The average molecular weight is 302 g/mol. The third kappa shape index (κ3) is 28.7. The van der Waals surface area contributed by atoms with E-state index in [9.17, 15) is 0 Å². The number of hydrogen-bond acceptors (Lipinski definition) is 2. The minimum Gasteiger partial charge on any atom is -0.385 e. The number of hydrogen-bond donors (Lipinski definition) is 1. The van der Waals surface area contributed by atoms with Crippen LogP contribution in [-0.4, -0.2) is 20.3 Å². The average Bonchev–Trinajstić information content (AvgIpc) is 2.52. The van der Waals surface area contributed by atoms with Gasteiger partial charge >= 0.3 is 0 Å². The van der Waals surface area contributed by atoms with Gasteiger partial charge in [-0.3, -0.25) is 0 Å². The molecular weight excluding hydrogens is 258 g/mol. The van der Waals surface area contributed by atoms with E-state index in [0.717, 1.165) is 13.2 Å². The van der Waals surface area contributed by atoms with Crippen LogP contribution in [0.5, 0.6) is 0 Å². The summed E-state index contributed by atoms with van der Waals surface area (Å²) in [5.74, 6) is 0. The summed E-state index contributed by atoms with van der Waals surface area (Å²) >= 11 is 0. The molecule has 0 amide bonds. The zero-order valence-corrected chi connectivity index (χ0v) is 15.3. The van der Waals surface area contributed by atoms with Crippen LogP contribution < -0.4 is 5.73 Å². The second-order valence-electron chi connectivity index (χ2n) is 5.96. The Labute approximate surface area is 135 Å². The van der Waals surface area contributed by atoms with Gasteiger partial charge in [0, 0.05) is 13.7 Å². The lowest BCUT2D eigenvalue weighted by atomic mass is 10.0. The van der Waals surface area contributed by atoms with Crippen LogP contribution in [0.25, 0.3) is 0 Å². The van der Waals surface area contributed by atoms with Crippen LogP contribution in [0.15, 0.2) is 0 Å². The quantitative estimate of drug-likeness (QED) is 0.372. The molecule has 0 bridgehead atoms. The maximum Gasteiger partial charge on any atom is 0.0433 e. The molecule has 130 valence electrons. The molecule has 0 aliphatic heterocycles. The van der Waals surface area contributed by atoms with Gasteiger partial charge in [0.1, 0.15) is 0 Å². The topological polar surface area (TPSA) is 35.2 Å². The second-order valence-corrected chi connectivity index (χ2v) is 5.96. The van der Waals surface area contributed by atoms with Crippen molar-refractivity contribution in [2.75, 3.05) is 20.3 Å². The Morgan fingerprint density at radius 1 is 0.571 bits per heavy atom. The number of nitrogens with two attached hydrogens (primary N) is 1. The Morgan fingerprint density at radius 2 is 0.857 bits per heavy atom. The Kier molecular flexibility index (Phi) is 27.5. The molecule has 0 atom stereocenters. The first-order valence-electron chi connectivity index (χ1n) is 9.52. The van der Waals surface area contributed by atoms with Crippen LogP contribution >= 0.6 is 0 Å². The van der Waals surface area contributed by atoms with Crippen LogP contribution in [-0.2, 0) is 4.74 Å². The zero-order valence-electron chi connectivity index (χ0n) is 15.3. The molecule has 0 aliphatic carbocycles. The lowest BCUT2D eigenvalue weighted by Crippen LogP contribution is -1.97. The SMILES string of the molecule is CCCCCCCCCCCCCCCCN.CCOC. The highest BCUT2D eigenvalue weighted by Gasteiger charge is 1.93. The smallest absolute Gasteiger partial charge is 0.0433 e. The molecule has 0 heterocycles. The molecule has 0 rings (SSSR count). The standard InChI is InChI=1S/C16H35N.C3H8O/c1-2-3-4-5-6-7-8-9-10-11-12-13-14-15-16-17;1-3-4-2/h2-17H2,1H3;3H2,1-2H3. The first-order chi connectivity index (χ1) is 10.3. The molecular formula is C19H43NO. The zero-order chi connectivity index (χ0) is 16.0. The Hall–Kier alpha value is -0.0800. The highest BCUT2D eigenvalue weighted by molar-refractivity contribution is 4.49. The Morgan fingerprint density at radius 3 is 1.10 bits per heavy atom. The Bertz CT molecular complexity index is 135. The lowest BCUT2D eigenvalue weighted by Gasteiger charge is -2.02. The summed E-state index contributed by atoms with van der Waals surface area (Å²) in [6, 6.07) is 0. The molecule has 0 saturated carbocycles. The lowest BCUT2D eigenvalue weighted by molar-refractivity contribution is 0.215. The van der Waals surface area contributed by atoms with Crippen molar-refractivity contribution in [3.05, 3.63) is 0 Å². The van der Waals surface area contributed by atoms with Crippen LogP contribution in [0.3, 0.4) is 0 Å². The molecule has 0 fully saturated rings. The van der Waals surface area contributed by atoms with E-state index >= 15 is 0 Å². The van der Waals surface area contributed by atoms with E-state index in [-0.39, 0.29) is 0 Å². The molecule has 0 saturated heterocycles. The molecule has 21 heavy (non-hydrogen) atoms. The van der Waals surface area contributed by atoms with Gasteiger partial charge in [-0.05, 0) is 19.9 Å². The molecule has 0 aromatic carbocycles. The van der Waals surface area contributed by atoms with Crippen molar-refractivity contribution in [3.63, 3.8) is 0 Å². The normalized spacial score (nSPS) is 10.3. The number of methoxy groups -OCH3 is 1. The summed E-state index contributed by atoms with van der Waals surface area (Å²) in [6.45, 7) is 5.94. The van der Waals surface area contributed by atoms with E-state index in [1.165, 1.54) is 89.9 Å². The predicted octanol–water partition coefficient (Wildman–Crippen LogP) is 6.08. The van der Waals surface area contributed by atoms with Gasteiger partial charge in [0.25, 0.3) is 0 Å². The number of unbranched alkanes of at least 4 members (excludes halogenated alkanes) is 13. The van der Waals surface area contributed by atoms with Crippen LogP contribution in [0.4, 0.5) is 0 Å². The minimum atomic E-state index is 0.819. The summed E-state index contributed by atoms with van der Waals surface area (Å²) in [4.78, 5) is 0. The molecule has 2 heteroatoms. The highest BCUT2D eigenvalue weighted by atomic mass is 16.5. The van der Waals surface area contributed by atoms with E-state index < -0.39 is 0 Å². The molecule has 2 N–H and O–H groups in total. The summed E-state index contributed by atoms with van der Waals surface area (Å²) < 4.78 is 4.54. The van der Waals surface area contributed by atoms with Gasteiger partial charge in [0.15, 0.2) is 0 Å². The maximum atomic E-state index is 5.47. The second kappa shape index (κ2) is 24.9. The molecule has 0 spiro atoms. The maximum absolute atomic E-state index is 5.47. The van der Waals surface area contributed by atoms with Crippen LogP contribution in [0.2, 0.25) is 0 Å². The van der Waals surface area contributed by atoms with Gasteiger partial charge in [-0.25, -0.2) is 0 Å². The molecule has 0 aromatic heterocycles. The van der Waals surface area contributed by atoms with E-state index in [4.69, 9.17) is 5.73 Å². The predicted molar refractivity (Wildman–Crippen MR) is 96.9 cm³/mol. The third-order valence-corrected chi connectivity index (χ3v) is 3.85. The number of ether oxygens (including phenoxy) is 1. The van der Waals surface area contributed by atoms with E-state index in [0.29, 0.717) is 0 Å². The number of rotatable bonds is 15.